The second-order valence-electron chi connectivity index (χ2n) is 5.34. The fourth-order valence-corrected chi connectivity index (χ4v) is 4.40. The molecule has 0 radical (unpaired) electrons. The van der Waals surface area contributed by atoms with Gasteiger partial charge in [0.05, 0.1) is 4.91 Å². The number of nitrogens with zero attached hydrogens (tertiary/aromatic N) is 1. The topological polar surface area (TPSA) is 49.4 Å². The van der Waals surface area contributed by atoms with Gasteiger partial charge in [-0.2, -0.15) is 0 Å². The highest BCUT2D eigenvalue weighted by Crippen LogP contribution is 2.33. The lowest BCUT2D eigenvalue weighted by Gasteiger charge is -2.15. The van der Waals surface area contributed by atoms with E-state index >= 15 is 0 Å². The van der Waals surface area contributed by atoms with E-state index in [1.165, 1.54) is 16.7 Å². The van der Waals surface area contributed by atoms with E-state index in [2.05, 4.69) is 5.32 Å². The highest BCUT2D eigenvalue weighted by Gasteiger charge is 2.33. The molecule has 2 heterocycles. The second-order valence-corrected chi connectivity index (χ2v) is 8.00. The Balaban J connectivity index is 1.69. The number of benzene rings is 1. The third-order valence-corrected chi connectivity index (χ3v) is 5.86. The number of thiophene rings is 1. The van der Waals surface area contributed by atoms with Crippen molar-refractivity contribution in [3.05, 3.63) is 57.1 Å². The molecule has 0 bridgehead atoms. The summed E-state index contributed by atoms with van der Waals surface area (Å²) in [5.74, 6) is -0.475. The second kappa shape index (κ2) is 7.95. The zero-order chi connectivity index (χ0) is 17.8. The molecule has 0 atom stereocenters. The highest BCUT2D eigenvalue weighted by molar-refractivity contribution is 8.26. The molecule has 1 aliphatic heterocycles. The number of anilines is 1. The average Bonchev–Trinajstić information content (AvgIpc) is 3.20. The van der Waals surface area contributed by atoms with E-state index in [4.69, 9.17) is 12.2 Å². The van der Waals surface area contributed by atoms with Crippen LogP contribution in [-0.4, -0.2) is 27.6 Å². The quantitative estimate of drug-likeness (QED) is 0.617. The molecule has 1 fully saturated rings. The average molecular weight is 389 g/mol. The highest BCUT2D eigenvalue weighted by atomic mass is 32.2. The van der Waals surface area contributed by atoms with E-state index < -0.39 is 0 Å². The number of amides is 2. The normalized spacial score (nSPS) is 15.9. The third kappa shape index (κ3) is 4.18. The molecule has 0 saturated carbocycles. The molecule has 128 valence electrons. The van der Waals surface area contributed by atoms with Crippen molar-refractivity contribution in [2.45, 2.75) is 13.3 Å². The summed E-state index contributed by atoms with van der Waals surface area (Å²) in [7, 11) is 0. The van der Waals surface area contributed by atoms with Crippen LogP contribution in [0.5, 0.6) is 0 Å². The molecule has 1 aromatic heterocycles. The summed E-state index contributed by atoms with van der Waals surface area (Å²) >= 11 is 8.06. The standard InChI is InChI=1S/C18H16N2O2S3/c1-2-12-6-3-4-8-14(12)19-16(21)11-20-17(22)15(25-18(20)23)10-13-7-5-9-24-13/h3-10H,2,11H2,1H3,(H,19,21)/b15-10-. The maximum atomic E-state index is 12.5. The number of nitrogens with one attached hydrogen (secondary N) is 1. The van der Waals surface area contributed by atoms with Gasteiger partial charge in [-0.1, -0.05) is 55.2 Å². The van der Waals surface area contributed by atoms with Crippen LogP contribution in [0.25, 0.3) is 6.08 Å². The minimum atomic E-state index is -0.255. The molecule has 0 spiro atoms. The van der Waals surface area contributed by atoms with Crippen molar-refractivity contribution in [2.75, 3.05) is 11.9 Å². The van der Waals surface area contributed by atoms with Crippen molar-refractivity contribution in [3.63, 3.8) is 0 Å². The predicted octanol–water partition coefficient (Wildman–Crippen LogP) is 4.15. The summed E-state index contributed by atoms with van der Waals surface area (Å²) < 4.78 is 0.409. The minimum Gasteiger partial charge on any atom is -0.324 e. The number of para-hydroxylation sites is 1. The first-order valence-electron chi connectivity index (χ1n) is 7.75. The smallest absolute Gasteiger partial charge is 0.266 e. The SMILES string of the molecule is CCc1ccccc1NC(=O)CN1C(=O)/C(=C/c2cccs2)SC1=S. The molecule has 1 aromatic carbocycles. The van der Waals surface area contributed by atoms with Crippen LogP contribution in [0.15, 0.2) is 46.7 Å². The van der Waals surface area contributed by atoms with E-state index in [0.29, 0.717) is 9.23 Å². The Morgan fingerprint density at radius 2 is 2.08 bits per heavy atom. The predicted molar refractivity (Wildman–Crippen MR) is 109 cm³/mol. The first-order valence-corrected chi connectivity index (χ1v) is 9.85. The number of hydrogen-bond acceptors (Lipinski definition) is 5. The minimum absolute atomic E-state index is 0.0789. The van der Waals surface area contributed by atoms with Crippen LogP contribution in [0, 0.1) is 0 Å². The summed E-state index contributed by atoms with van der Waals surface area (Å²) in [6.45, 7) is 1.95. The summed E-state index contributed by atoms with van der Waals surface area (Å²) in [5, 5.41) is 4.82. The van der Waals surface area contributed by atoms with Gasteiger partial charge in [-0.15, -0.1) is 11.3 Å². The van der Waals surface area contributed by atoms with Gasteiger partial charge in [-0.05, 0) is 35.6 Å². The van der Waals surface area contributed by atoms with Crippen molar-refractivity contribution < 1.29 is 9.59 Å². The van der Waals surface area contributed by atoms with Gasteiger partial charge in [0.2, 0.25) is 5.91 Å². The van der Waals surface area contributed by atoms with Crippen molar-refractivity contribution in [2.24, 2.45) is 0 Å². The number of aryl methyl sites for hydroxylation is 1. The summed E-state index contributed by atoms with van der Waals surface area (Å²) in [6, 6.07) is 11.5. The van der Waals surface area contributed by atoms with Crippen molar-refractivity contribution in [1.82, 2.24) is 4.90 Å². The van der Waals surface area contributed by atoms with Crippen LogP contribution < -0.4 is 5.32 Å². The van der Waals surface area contributed by atoms with Gasteiger partial charge in [0.15, 0.2) is 0 Å². The molecular formula is C18H16N2O2S3. The van der Waals surface area contributed by atoms with Crippen LogP contribution >= 0.6 is 35.3 Å². The number of carbonyl (C=O) groups is 2. The van der Waals surface area contributed by atoms with Crippen LogP contribution in [0.3, 0.4) is 0 Å². The van der Waals surface area contributed by atoms with Crippen LogP contribution in [0.4, 0.5) is 5.69 Å². The largest absolute Gasteiger partial charge is 0.324 e. The Labute approximate surface area is 159 Å². The number of thiocarbonyl (C=S) groups is 1. The van der Waals surface area contributed by atoms with Gasteiger partial charge in [0, 0.05) is 10.6 Å². The first-order chi connectivity index (χ1) is 12.1. The molecular weight excluding hydrogens is 372 g/mol. The van der Waals surface area contributed by atoms with E-state index in [9.17, 15) is 9.59 Å². The van der Waals surface area contributed by atoms with Gasteiger partial charge in [-0.3, -0.25) is 14.5 Å². The molecule has 2 aromatic rings. The van der Waals surface area contributed by atoms with Crippen molar-refractivity contribution in [1.29, 1.82) is 0 Å². The van der Waals surface area contributed by atoms with Gasteiger partial charge in [-0.25, -0.2) is 0 Å². The molecule has 0 unspecified atom stereocenters. The number of rotatable bonds is 5. The summed E-state index contributed by atoms with van der Waals surface area (Å²) in [4.78, 5) is 27.8. The fourth-order valence-electron chi connectivity index (χ4n) is 2.42. The van der Waals surface area contributed by atoms with Gasteiger partial charge < -0.3 is 5.32 Å². The monoisotopic (exact) mass is 388 g/mol. The van der Waals surface area contributed by atoms with E-state index in [-0.39, 0.29) is 18.4 Å². The Kier molecular flexibility index (Phi) is 5.67. The first kappa shape index (κ1) is 17.8. The van der Waals surface area contributed by atoms with Crippen LogP contribution in [0.2, 0.25) is 0 Å². The Hall–Kier alpha value is -1.96. The number of carbonyl (C=O) groups excluding carboxylic acids is 2. The van der Waals surface area contributed by atoms with Gasteiger partial charge in [0.25, 0.3) is 5.91 Å². The van der Waals surface area contributed by atoms with E-state index in [0.717, 1.165) is 22.5 Å². The van der Waals surface area contributed by atoms with Gasteiger partial charge >= 0.3 is 0 Å². The molecule has 2 amide bonds. The molecule has 7 heteroatoms. The van der Waals surface area contributed by atoms with Crippen molar-refractivity contribution in [3.8, 4) is 0 Å². The number of hydrogen-bond donors (Lipinski definition) is 1. The van der Waals surface area contributed by atoms with Crippen LogP contribution in [-0.2, 0) is 16.0 Å². The Morgan fingerprint density at radius 1 is 1.28 bits per heavy atom. The fraction of sp³-hybridized carbons (Fsp3) is 0.167. The zero-order valence-electron chi connectivity index (χ0n) is 13.5. The lowest BCUT2D eigenvalue weighted by Crippen LogP contribution is -2.36. The van der Waals surface area contributed by atoms with Gasteiger partial charge in [0.1, 0.15) is 10.9 Å². The van der Waals surface area contributed by atoms with Crippen molar-refractivity contribution >= 4 is 63.2 Å². The number of thioether (sulfide) groups is 1. The summed E-state index contributed by atoms with van der Waals surface area (Å²) in [6.07, 6.45) is 2.63. The Bertz CT molecular complexity index is 844. The summed E-state index contributed by atoms with van der Waals surface area (Å²) in [5.41, 5.74) is 1.83. The third-order valence-electron chi connectivity index (χ3n) is 3.66. The maximum Gasteiger partial charge on any atom is 0.266 e. The lowest BCUT2D eigenvalue weighted by atomic mass is 10.1. The molecule has 4 nitrogen and oxygen atoms in total. The molecule has 3 rings (SSSR count). The van der Waals surface area contributed by atoms with E-state index in [1.807, 2.05) is 54.8 Å². The lowest BCUT2D eigenvalue weighted by molar-refractivity contribution is -0.126. The molecule has 1 N–H and O–H groups in total. The van der Waals surface area contributed by atoms with Crippen LogP contribution in [0.1, 0.15) is 17.4 Å². The maximum absolute atomic E-state index is 12.5. The molecule has 0 aliphatic carbocycles. The zero-order valence-corrected chi connectivity index (χ0v) is 16.0. The molecule has 25 heavy (non-hydrogen) atoms. The molecule has 1 aliphatic rings. The Morgan fingerprint density at radius 3 is 2.80 bits per heavy atom. The molecule has 1 saturated heterocycles. The van der Waals surface area contributed by atoms with E-state index in [1.54, 1.807) is 11.3 Å².